The quantitative estimate of drug-likeness (QED) is 0.783. The van der Waals surface area contributed by atoms with E-state index in [2.05, 4.69) is 22.2 Å². The van der Waals surface area contributed by atoms with Crippen LogP contribution in [-0.4, -0.2) is 48.1 Å². The first-order chi connectivity index (χ1) is 13.2. The van der Waals surface area contributed by atoms with Gasteiger partial charge in [-0.15, -0.1) is 0 Å². The predicted octanol–water partition coefficient (Wildman–Crippen LogP) is 2.23. The normalized spacial score (nSPS) is 27.9. The van der Waals surface area contributed by atoms with Gasteiger partial charge in [0.15, 0.2) is 0 Å². The summed E-state index contributed by atoms with van der Waals surface area (Å²) in [6, 6.07) is 16.7. The zero-order chi connectivity index (χ0) is 18.5. The van der Waals surface area contributed by atoms with Crippen molar-refractivity contribution in [1.82, 2.24) is 10.0 Å². The van der Waals surface area contributed by atoms with Crippen molar-refractivity contribution in [3.8, 4) is 5.75 Å². The Morgan fingerprint density at radius 2 is 1.52 bits per heavy atom. The number of carbonyl (C=O) groups is 2. The van der Waals surface area contributed by atoms with E-state index < -0.39 is 6.04 Å². The molecule has 6 heteroatoms. The summed E-state index contributed by atoms with van der Waals surface area (Å²) < 4.78 is 5.19. The average Bonchev–Trinajstić information content (AvgIpc) is 3.35. The summed E-state index contributed by atoms with van der Waals surface area (Å²) in [5.74, 6) is 0.0899. The molecule has 138 valence electrons. The van der Waals surface area contributed by atoms with Gasteiger partial charge in [0, 0.05) is 13.1 Å². The summed E-state index contributed by atoms with van der Waals surface area (Å²) in [6.07, 6.45) is 1.01. The Bertz CT molecular complexity index is 883. The highest BCUT2D eigenvalue weighted by Crippen LogP contribution is 2.48. The van der Waals surface area contributed by atoms with Crippen molar-refractivity contribution in [2.45, 2.75) is 18.5 Å². The number of hydrazine groups is 1. The van der Waals surface area contributed by atoms with Crippen LogP contribution in [0.4, 0.5) is 5.69 Å². The number of amides is 2. The second-order valence-corrected chi connectivity index (χ2v) is 7.22. The standard InChI is InChI=1S/C21H21N3O3/c1-27-16-10-8-15(9-11-16)24-20(25)17-18(14-6-3-2-4-7-14)22-12-5-13-23(22)19(17)21(24)26/h2-4,6-11,17-19H,5,12-13H2,1H3/t17-,18+,19+/m0/s1. The Hall–Kier alpha value is -2.70. The van der Waals surface area contributed by atoms with Crippen LogP contribution in [-0.2, 0) is 9.59 Å². The molecule has 6 nitrogen and oxygen atoms in total. The summed E-state index contributed by atoms with van der Waals surface area (Å²) in [6.45, 7) is 1.70. The van der Waals surface area contributed by atoms with E-state index >= 15 is 0 Å². The molecule has 3 heterocycles. The molecule has 0 aromatic heterocycles. The Balaban J connectivity index is 1.55. The Kier molecular flexibility index (Phi) is 3.77. The molecule has 0 radical (unpaired) electrons. The molecule has 3 saturated heterocycles. The lowest BCUT2D eigenvalue weighted by Crippen LogP contribution is -2.44. The maximum absolute atomic E-state index is 13.4. The van der Waals surface area contributed by atoms with Gasteiger partial charge in [-0.05, 0) is 36.2 Å². The molecule has 5 rings (SSSR count). The lowest BCUT2D eigenvalue weighted by atomic mass is 9.90. The minimum absolute atomic E-state index is 0.0848. The van der Waals surface area contributed by atoms with Crippen molar-refractivity contribution in [3.63, 3.8) is 0 Å². The van der Waals surface area contributed by atoms with Crippen LogP contribution in [0.5, 0.6) is 5.75 Å². The number of ether oxygens (including phenoxy) is 1. The van der Waals surface area contributed by atoms with Crippen LogP contribution >= 0.6 is 0 Å². The second-order valence-electron chi connectivity index (χ2n) is 7.22. The number of nitrogens with zero attached hydrogens (tertiary/aromatic N) is 3. The Morgan fingerprint density at radius 3 is 2.19 bits per heavy atom. The topological polar surface area (TPSA) is 53.1 Å². The first kappa shape index (κ1) is 16.5. The number of carbonyl (C=O) groups excluding carboxylic acids is 2. The van der Waals surface area contributed by atoms with E-state index in [-0.39, 0.29) is 23.8 Å². The van der Waals surface area contributed by atoms with Gasteiger partial charge in [-0.1, -0.05) is 30.3 Å². The molecule has 0 saturated carbocycles. The van der Waals surface area contributed by atoms with Crippen LogP contribution in [0, 0.1) is 5.92 Å². The molecule has 0 bridgehead atoms. The second kappa shape index (κ2) is 6.18. The number of hydrogen-bond acceptors (Lipinski definition) is 5. The molecule has 2 aromatic rings. The molecular formula is C21H21N3O3. The third-order valence-corrected chi connectivity index (χ3v) is 5.88. The molecule has 0 N–H and O–H groups in total. The van der Waals surface area contributed by atoms with E-state index in [1.807, 2.05) is 18.2 Å². The zero-order valence-electron chi connectivity index (χ0n) is 15.1. The molecular weight excluding hydrogens is 342 g/mol. The smallest absolute Gasteiger partial charge is 0.253 e. The molecule has 0 unspecified atom stereocenters. The Morgan fingerprint density at radius 1 is 0.852 bits per heavy atom. The molecule has 3 atom stereocenters. The monoisotopic (exact) mass is 363 g/mol. The fraction of sp³-hybridized carbons (Fsp3) is 0.333. The zero-order valence-corrected chi connectivity index (χ0v) is 15.1. The number of methoxy groups -OCH3 is 1. The molecule has 2 amide bonds. The van der Waals surface area contributed by atoms with Crippen LogP contribution in [0.3, 0.4) is 0 Å². The van der Waals surface area contributed by atoms with Gasteiger partial charge in [-0.2, -0.15) is 0 Å². The van der Waals surface area contributed by atoms with Crippen molar-refractivity contribution in [2.24, 2.45) is 5.92 Å². The summed E-state index contributed by atoms with van der Waals surface area (Å²) in [5, 5.41) is 4.35. The minimum Gasteiger partial charge on any atom is -0.497 e. The molecule has 2 aromatic carbocycles. The largest absolute Gasteiger partial charge is 0.497 e. The van der Waals surface area contributed by atoms with E-state index in [0.29, 0.717) is 11.4 Å². The lowest BCUT2D eigenvalue weighted by molar-refractivity contribution is -0.126. The third kappa shape index (κ3) is 2.33. The SMILES string of the molecule is COc1ccc(N2C(=O)[C@H]3[C@@H](c4ccccc4)N4CCCN4[C@H]3C2=O)cc1. The average molecular weight is 363 g/mol. The highest BCUT2D eigenvalue weighted by molar-refractivity contribution is 6.24. The molecule has 0 spiro atoms. The van der Waals surface area contributed by atoms with Crippen LogP contribution in [0.15, 0.2) is 54.6 Å². The van der Waals surface area contributed by atoms with E-state index in [1.165, 1.54) is 4.90 Å². The molecule has 27 heavy (non-hydrogen) atoms. The van der Waals surface area contributed by atoms with E-state index in [4.69, 9.17) is 4.74 Å². The fourth-order valence-corrected chi connectivity index (χ4v) is 4.75. The highest BCUT2D eigenvalue weighted by atomic mass is 16.5. The summed E-state index contributed by atoms with van der Waals surface area (Å²) >= 11 is 0. The number of rotatable bonds is 3. The summed E-state index contributed by atoms with van der Waals surface area (Å²) in [4.78, 5) is 28.0. The number of fused-ring (bicyclic) bond motifs is 3. The number of anilines is 1. The first-order valence-corrected chi connectivity index (χ1v) is 9.31. The van der Waals surface area contributed by atoms with E-state index in [9.17, 15) is 9.59 Å². The molecule has 3 aliphatic rings. The number of imide groups is 1. The van der Waals surface area contributed by atoms with Crippen molar-refractivity contribution < 1.29 is 14.3 Å². The van der Waals surface area contributed by atoms with Crippen LogP contribution in [0.2, 0.25) is 0 Å². The highest BCUT2D eigenvalue weighted by Gasteiger charge is 2.62. The van der Waals surface area contributed by atoms with E-state index in [0.717, 1.165) is 25.1 Å². The maximum atomic E-state index is 13.4. The van der Waals surface area contributed by atoms with E-state index in [1.54, 1.807) is 31.4 Å². The van der Waals surface area contributed by atoms with Gasteiger partial charge in [0.25, 0.3) is 5.91 Å². The summed E-state index contributed by atoms with van der Waals surface area (Å²) in [5.41, 5.74) is 1.70. The predicted molar refractivity (Wildman–Crippen MR) is 100.0 cm³/mol. The van der Waals surface area contributed by atoms with Gasteiger partial charge >= 0.3 is 0 Å². The van der Waals surface area contributed by atoms with Crippen molar-refractivity contribution in [2.75, 3.05) is 25.1 Å². The van der Waals surface area contributed by atoms with Crippen molar-refractivity contribution in [3.05, 3.63) is 60.2 Å². The van der Waals surface area contributed by atoms with Crippen LogP contribution < -0.4 is 9.64 Å². The van der Waals surface area contributed by atoms with Crippen LogP contribution in [0.1, 0.15) is 18.0 Å². The lowest BCUT2D eigenvalue weighted by Gasteiger charge is -2.29. The van der Waals surface area contributed by atoms with Gasteiger partial charge in [-0.3, -0.25) is 9.59 Å². The molecule has 3 aliphatic heterocycles. The van der Waals surface area contributed by atoms with Gasteiger partial charge in [0.2, 0.25) is 5.91 Å². The van der Waals surface area contributed by atoms with Gasteiger partial charge in [0.05, 0.1) is 24.8 Å². The molecule has 3 fully saturated rings. The maximum Gasteiger partial charge on any atom is 0.253 e. The summed E-state index contributed by atoms with van der Waals surface area (Å²) in [7, 11) is 1.60. The third-order valence-electron chi connectivity index (χ3n) is 5.88. The number of benzene rings is 2. The van der Waals surface area contributed by atoms with Gasteiger partial charge < -0.3 is 4.74 Å². The van der Waals surface area contributed by atoms with Crippen molar-refractivity contribution >= 4 is 17.5 Å². The molecule has 0 aliphatic carbocycles. The van der Waals surface area contributed by atoms with Crippen molar-refractivity contribution in [1.29, 1.82) is 0 Å². The van der Waals surface area contributed by atoms with Gasteiger partial charge in [-0.25, -0.2) is 14.9 Å². The van der Waals surface area contributed by atoms with Crippen LogP contribution in [0.25, 0.3) is 0 Å². The number of hydrogen-bond donors (Lipinski definition) is 0. The minimum atomic E-state index is -0.410. The first-order valence-electron chi connectivity index (χ1n) is 9.31. The Labute approximate surface area is 157 Å². The fourth-order valence-electron chi connectivity index (χ4n) is 4.75. The van der Waals surface area contributed by atoms with Gasteiger partial charge in [0.1, 0.15) is 11.8 Å².